The van der Waals surface area contributed by atoms with Crippen LogP contribution in [-0.2, 0) is 0 Å². The molecule has 0 saturated heterocycles. The Morgan fingerprint density at radius 2 is 0.787 bits per heavy atom. The number of hydrogen-bond acceptors (Lipinski definition) is 3. The van der Waals surface area contributed by atoms with Crippen molar-refractivity contribution >= 4 is 112 Å². The Labute approximate surface area is 468 Å². The molecule has 4 aromatic heterocycles. The van der Waals surface area contributed by atoms with Crippen LogP contribution in [0.3, 0.4) is 0 Å². The second-order valence-corrected chi connectivity index (χ2v) is 22.5. The molecule has 0 bridgehead atoms. The fourth-order valence-electron chi connectivity index (χ4n) is 12.9. The lowest BCUT2D eigenvalue weighted by Gasteiger charge is -2.26. The van der Waals surface area contributed by atoms with E-state index < -0.39 is 0 Å². The van der Waals surface area contributed by atoms with E-state index in [0.29, 0.717) is 22.5 Å². The Hall–Kier alpha value is -10.3. The summed E-state index contributed by atoms with van der Waals surface area (Å²) < 4.78 is 9.43. The van der Waals surface area contributed by atoms with Crippen molar-refractivity contribution in [3.8, 4) is 73.1 Å². The molecule has 370 valence electrons. The maximum absolute atomic E-state index is 12.5. The van der Waals surface area contributed by atoms with Crippen molar-refractivity contribution < 1.29 is 0 Å². The highest BCUT2D eigenvalue weighted by Gasteiger charge is 2.34. The van der Waals surface area contributed by atoms with Gasteiger partial charge in [0.05, 0.1) is 55.0 Å². The highest BCUT2D eigenvalue weighted by molar-refractivity contribution is 7.27. The van der Waals surface area contributed by atoms with E-state index in [-0.39, 0.29) is 0 Å². The fraction of sp³-hybridized carbons (Fsp3) is 0. The molecule has 16 aromatic rings. The van der Waals surface area contributed by atoms with Gasteiger partial charge in [0.25, 0.3) is 0 Å². The number of benzene rings is 12. The summed E-state index contributed by atoms with van der Waals surface area (Å²) >= 11 is 3.62. The molecule has 6 heteroatoms. The van der Waals surface area contributed by atoms with Crippen molar-refractivity contribution in [2.75, 3.05) is 0 Å². The quantitative estimate of drug-likeness (QED) is 0.147. The molecule has 4 nitrogen and oxygen atoms in total. The summed E-state index contributed by atoms with van der Waals surface area (Å²) in [5.74, 6) is 0. The van der Waals surface area contributed by atoms with E-state index in [0.717, 1.165) is 109 Å². The average molecular weight is 1050 g/mol. The van der Waals surface area contributed by atoms with Crippen molar-refractivity contribution in [2.24, 2.45) is 0 Å². The first-order valence-electron chi connectivity index (χ1n) is 26.8. The van der Waals surface area contributed by atoms with Gasteiger partial charge in [-0.15, -0.1) is 22.7 Å². The lowest BCUT2D eigenvalue weighted by atomic mass is 9.88. The summed E-state index contributed by atoms with van der Waals surface area (Å²) in [6.45, 7) is 9.56. The molecule has 0 fully saturated rings. The van der Waals surface area contributed by atoms with Crippen LogP contribution in [0, 0.1) is 17.9 Å². The van der Waals surface area contributed by atoms with Crippen LogP contribution < -0.4 is 0 Å². The minimum atomic E-state index is 0.403. The van der Waals surface area contributed by atoms with Gasteiger partial charge in [-0.2, -0.15) is 5.26 Å². The maximum atomic E-state index is 12.5. The Bertz CT molecular complexity index is 5120. The van der Waals surface area contributed by atoms with E-state index in [2.05, 4.69) is 251 Å². The van der Waals surface area contributed by atoms with E-state index in [9.17, 15) is 11.8 Å². The minimum Gasteiger partial charge on any atom is -0.318 e. The van der Waals surface area contributed by atoms with E-state index in [1.807, 2.05) is 46.9 Å². The SMILES string of the molecule is [C-]#[N+]c1c(-c2ccccc2)c(C#N)c(-n2c3c(cc(-c4ccccc4)c4c5ccccc5sc43)c3cc(-c4ccccc4)c4c5ccccc5sc4c32)c(-c2ccccc2)c1-n1c2ccccc2c2c(-c3ccccc3)cccc21. The van der Waals surface area contributed by atoms with Gasteiger partial charge < -0.3 is 9.13 Å². The van der Waals surface area contributed by atoms with Crippen molar-refractivity contribution in [2.45, 2.75) is 0 Å². The van der Waals surface area contributed by atoms with Gasteiger partial charge in [-0.3, -0.25) is 0 Å². The van der Waals surface area contributed by atoms with Gasteiger partial charge in [0.15, 0.2) is 0 Å². The summed E-state index contributed by atoms with van der Waals surface area (Å²) in [5, 5.41) is 21.5. The minimum absolute atomic E-state index is 0.403. The third-order valence-corrected chi connectivity index (χ3v) is 18.5. The summed E-state index contributed by atoms with van der Waals surface area (Å²) in [6.07, 6.45) is 0. The third-order valence-electron chi connectivity index (χ3n) is 16.2. The topological polar surface area (TPSA) is 38.0 Å². The third kappa shape index (κ3) is 6.65. The molecule has 0 spiro atoms. The van der Waals surface area contributed by atoms with Gasteiger partial charge in [0.2, 0.25) is 5.69 Å². The Morgan fingerprint density at radius 3 is 1.29 bits per heavy atom. The number of aromatic nitrogens is 2. The number of para-hydroxylation sites is 1. The van der Waals surface area contributed by atoms with Gasteiger partial charge in [-0.05, 0) is 80.9 Å². The molecule has 4 heterocycles. The molecule has 0 atom stereocenters. The Balaban J connectivity index is 1.22. The largest absolute Gasteiger partial charge is 0.318 e. The summed E-state index contributed by atoms with van der Waals surface area (Å²) in [7, 11) is 0. The van der Waals surface area contributed by atoms with Gasteiger partial charge in [0.1, 0.15) is 6.07 Å². The van der Waals surface area contributed by atoms with Crippen LogP contribution >= 0.6 is 22.7 Å². The fourth-order valence-corrected chi connectivity index (χ4v) is 15.4. The lowest BCUT2D eigenvalue weighted by Crippen LogP contribution is -2.09. The highest BCUT2D eigenvalue weighted by atomic mass is 32.1. The van der Waals surface area contributed by atoms with Crippen LogP contribution in [0.15, 0.2) is 255 Å². The summed E-state index contributed by atoms with van der Waals surface area (Å²) in [4.78, 5) is 4.66. The van der Waals surface area contributed by atoms with Gasteiger partial charge in [0, 0.05) is 63.6 Å². The zero-order chi connectivity index (χ0) is 53.0. The maximum Gasteiger partial charge on any atom is 0.220 e. The van der Waals surface area contributed by atoms with Gasteiger partial charge in [-0.25, -0.2) is 4.85 Å². The van der Waals surface area contributed by atoms with Crippen LogP contribution in [-0.4, -0.2) is 9.13 Å². The van der Waals surface area contributed by atoms with Crippen molar-refractivity contribution in [3.05, 3.63) is 272 Å². The lowest BCUT2D eigenvalue weighted by molar-refractivity contribution is 1.14. The smallest absolute Gasteiger partial charge is 0.220 e. The number of fused-ring (bicyclic) bond motifs is 14. The summed E-state index contributed by atoms with van der Waals surface area (Å²) in [5.41, 5.74) is 16.1. The molecule has 0 aliphatic heterocycles. The standard InChI is InChI=1S/C74H42N4S2/c1-76-68-63(48-30-13-5-14-31-48)58(44-75)69(64(49-32-15-6-16-33-49)72(68)77-59-38-20-17-34-51(59)65-50(37-23-39-60(65)77)45-24-7-2-8-25-45)78-70-56(42-54(46-26-9-3-10-27-46)66-52-35-18-21-40-61(52)79-73(66)70)57-43-55(47-28-11-4-12-29-47)67-53-36-19-22-41-62(53)80-74(67)71(57)78/h2-43H. The van der Waals surface area contributed by atoms with E-state index in [1.165, 1.54) is 30.9 Å². The highest BCUT2D eigenvalue weighted by Crippen LogP contribution is 2.57. The normalized spacial score (nSPS) is 11.7. The van der Waals surface area contributed by atoms with Crippen molar-refractivity contribution in [3.63, 3.8) is 0 Å². The predicted octanol–water partition coefficient (Wildman–Crippen LogP) is 21.4. The molecule has 12 aromatic carbocycles. The molecule has 0 aliphatic rings. The molecule has 80 heavy (non-hydrogen) atoms. The zero-order valence-corrected chi connectivity index (χ0v) is 44.5. The van der Waals surface area contributed by atoms with Crippen molar-refractivity contribution in [1.82, 2.24) is 9.13 Å². The van der Waals surface area contributed by atoms with E-state index >= 15 is 0 Å². The first-order valence-corrected chi connectivity index (χ1v) is 28.4. The van der Waals surface area contributed by atoms with Gasteiger partial charge in [-0.1, -0.05) is 218 Å². The molecule has 16 rings (SSSR count). The number of nitrogens with zero attached hydrogens (tertiary/aromatic N) is 4. The van der Waals surface area contributed by atoms with Crippen LogP contribution in [0.2, 0.25) is 0 Å². The molecular formula is C74H42N4S2. The van der Waals surface area contributed by atoms with Crippen LogP contribution in [0.4, 0.5) is 5.69 Å². The summed E-state index contributed by atoms with van der Waals surface area (Å²) in [6, 6.07) is 93.3. The number of hydrogen-bond donors (Lipinski definition) is 0. The van der Waals surface area contributed by atoms with Crippen LogP contribution in [0.1, 0.15) is 5.56 Å². The Morgan fingerprint density at radius 1 is 0.362 bits per heavy atom. The monoisotopic (exact) mass is 1050 g/mol. The second-order valence-electron chi connectivity index (χ2n) is 20.4. The van der Waals surface area contributed by atoms with E-state index in [4.69, 9.17) is 0 Å². The first kappa shape index (κ1) is 45.8. The number of thiophene rings is 2. The van der Waals surface area contributed by atoms with Crippen LogP contribution in [0.25, 0.3) is 156 Å². The number of nitriles is 1. The first-order chi connectivity index (χ1) is 39.7. The molecule has 0 amide bonds. The molecule has 0 N–H and O–H groups in total. The molecule has 0 unspecified atom stereocenters. The number of rotatable bonds is 7. The van der Waals surface area contributed by atoms with Gasteiger partial charge >= 0.3 is 0 Å². The van der Waals surface area contributed by atoms with Crippen LogP contribution in [0.5, 0.6) is 0 Å². The molecule has 0 saturated carbocycles. The predicted molar refractivity (Wildman–Crippen MR) is 339 cm³/mol. The zero-order valence-electron chi connectivity index (χ0n) is 42.9. The molecule has 0 aliphatic carbocycles. The molecular weight excluding hydrogens is 1010 g/mol. The average Bonchev–Trinajstić information content (AvgIpc) is 4.22. The second kappa shape index (κ2) is 18.1. The Kier molecular flexibility index (Phi) is 10.4. The molecule has 0 radical (unpaired) electrons. The van der Waals surface area contributed by atoms with E-state index in [1.54, 1.807) is 0 Å². The van der Waals surface area contributed by atoms with Crippen molar-refractivity contribution in [1.29, 1.82) is 5.26 Å².